The molecule has 0 aliphatic heterocycles. The van der Waals surface area contributed by atoms with Crippen LogP contribution in [0.2, 0.25) is 0 Å². The summed E-state index contributed by atoms with van der Waals surface area (Å²) in [7, 11) is 1.68. The summed E-state index contributed by atoms with van der Waals surface area (Å²) in [5, 5.41) is 3.40. The highest BCUT2D eigenvalue weighted by Crippen LogP contribution is 2.23. The van der Waals surface area contributed by atoms with Crippen molar-refractivity contribution >= 4 is 0 Å². The second-order valence-corrected chi connectivity index (χ2v) is 5.24. The normalized spacial score (nSPS) is 11.1. The molecule has 0 atom stereocenters. The fourth-order valence-electron chi connectivity index (χ4n) is 2.15. The van der Waals surface area contributed by atoms with Crippen molar-refractivity contribution in [1.82, 2.24) is 15.3 Å². The summed E-state index contributed by atoms with van der Waals surface area (Å²) in [6.07, 6.45) is 0.912. The highest BCUT2D eigenvalue weighted by Gasteiger charge is 2.09. The highest BCUT2D eigenvalue weighted by atomic mass is 16.5. The Hall–Kier alpha value is -1.81. The Morgan fingerprint density at radius 3 is 2.55 bits per heavy atom. The molecule has 108 valence electrons. The molecule has 1 aromatic carbocycles. The molecule has 0 aliphatic rings. The molecule has 0 saturated heterocycles. The number of rotatable bonds is 6. The molecule has 0 amide bonds. The predicted octanol–water partition coefficient (Wildman–Crippen LogP) is 2.93. The molecule has 2 rings (SSSR count). The van der Waals surface area contributed by atoms with E-state index in [9.17, 15) is 0 Å². The quantitative estimate of drug-likeness (QED) is 0.851. The van der Waals surface area contributed by atoms with Crippen molar-refractivity contribution in [3.05, 3.63) is 35.8 Å². The summed E-state index contributed by atoms with van der Waals surface area (Å²) in [5.41, 5.74) is 3.24. The Kier molecular flexibility index (Phi) is 4.79. The number of hydrogen-bond acceptors (Lipinski definition) is 3. The van der Waals surface area contributed by atoms with Crippen LogP contribution in [0.5, 0.6) is 5.75 Å². The van der Waals surface area contributed by atoms with E-state index in [4.69, 9.17) is 9.72 Å². The number of aromatic amines is 1. The Labute approximate surface area is 120 Å². The molecule has 2 N–H and O–H groups in total. The number of nitrogens with one attached hydrogen (secondary N) is 2. The molecule has 1 heterocycles. The van der Waals surface area contributed by atoms with Gasteiger partial charge in [0, 0.05) is 30.3 Å². The van der Waals surface area contributed by atoms with Gasteiger partial charge >= 0.3 is 0 Å². The van der Waals surface area contributed by atoms with Crippen molar-refractivity contribution < 1.29 is 4.74 Å². The Morgan fingerprint density at radius 1 is 1.25 bits per heavy atom. The number of methoxy groups -OCH3 is 1. The second-order valence-electron chi connectivity index (χ2n) is 5.24. The first kappa shape index (κ1) is 14.6. The second kappa shape index (κ2) is 6.57. The lowest BCUT2D eigenvalue weighted by Gasteiger charge is -2.05. The summed E-state index contributed by atoms with van der Waals surface area (Å²) >= 11 is 0. The maximum atomic E-state index is 5.18. The summed E-state index contributed by atoms with van der Waals surface area (Å²) in [6, 6.07) is 8.51. The van der Waals surface area contributed by atoms with E-state index >= 15 is 0 Å². The molecule has 1 aromatic heterocycles. The maximum Gasteiger partial charge on any atom is 0.118 e. The smallest absolute Gasteiger partial charge is 0.118 e. The first-order valence-corrected chi connectivity index (χ1v) is 7.03. The number of hydrogen-bond donors (Lipinski definition) is 2. The average Bonchev–Trinajstić information content (AvgIpc) is 2.79. The topological polar surface area (TPSA) is 49.9 Å². The van der Waals surface area contributed by atoms with Crippen molar-refractivity contribution in [2.75, 3.05) is 13.7 Å². The van der Waals surface area contributed by atoms with Crippen LogP contribution in [0.15, 0.2) is 24.3 Å². The van der Waals surface area contributed by atoms with E-state index in [-0.39, 0.29) is 0 Å². The number of benzene rings is 1. The molecular formula is C16H23N3O. The van der Waals surface area contributed by atoms with E-state index in [2.05, 4.69) is 31.1 Å². The van der Waals surface area contributed by atoms with Gasteiger partial charge in [-0.15, -0.1) is 0 Å². The van der Waals surface area contributed by atoms with E-state index in [1.807, 2.05) is 24.3 Å². The number of ether oxygens (including phenoxy) is 1. The minimum absolute atomic E-state index is 0.507. The van der Waals surface area contributed by atoms with Crippen molar-refractivity contribution in [2.45, 2.75) is 33.2 Å². The van der Waals surface area contributed by atoms with Crippen LogP contribution >= 0.6 is 0 Å². The average molecular weight is 273 g/mol. The minimum atomic E-state index is 0.507. The van der Waals surface area contributed by atoms with Crippen molar-refractivity contribution in [3.63, 3.8) is 0 Å². The van der Waals surface area contributed by atoms with Crippen LogP contribution in [0.3, 0.4) is 0 Å². The first-order valence-electron chi connectivity index (χ1n) is 7.03. The summed E-state index contributed by atoms with van der Waals surface area (Å²) in [5.74, 6) is 1.89. The van der Waals surface area contributed by atoms with Gasteiger partial charge in [0.05, 0.1) is 12.8 Å². The van der Waals surface area contributed by atoms with Crippen LogP contribution in [-0.4, -0.2) is 29.7 Å². The number of nitrogens with zero attached hydrogens (tertiary/aromatic N) is 1. The third-order valence-electron chi connectivity index (χ3n) is 3.21. The number of aryl methyl sites for hydroxylation is 1. The van der Waals surface area contributed by atoms with Crippen LogP contribution in [-0.2, 0) is 6.42 Å². The van der Waals surface area contributed by atoms with Gasteiger partial charge in [-0.3, -0.25) is 0 Å². The molecule has 0 saturated carbocycles. The van der Waals surface area contributed by atoms with Crippen LogP contribution in [0.4, 0.5) is 0 Å². The Morgan fingerprint density at radius 2 is 1.95 bits per heavy atom. The van der Waals surface area contributed by atoms with E-state index in [0.29, 0.717) is 6.04 Å². The molecular weight excluding hydrogens is 250 g/mol. The molecule has 0 unspecified atom stereocenters. The molecule has 0 fully saturated rings. The fourth-order valence-corrected chi connectivity index (χ4v) is 2.15. The molecule has 20 heavy (non-hydrogen) atoms. The molecule has 4 nitrogen and oxygen atoms in total. The lowest BCUT2D eigenvalue weighted by atomic mass is 10.1. The first-order chi connectivity index (χ1) is 9.60. The predicted molar refractivity (Wildman–Crippen MR) is 82.2 cm³/mol. The van der Waals surface area contributed by atoms with E-state index < -0.39 is 0 Å². The zero-order chi connectivity index (χ0) is 14.5. The van der Waals surface area contributed by atoms with Gasteiger partial charge in [0.1, 0.15) is 11.6 Å². The lowest BCUT2D eigenvalue weighted by molar-refractivity contribution is 0.415. The van der Waals surface area contributed by atoms with Gasteiger partial charge in [-0.2, -0.15) is 0 Å². The standard InChI is InChI=1S/C16H23N3O/c1-11(2)17-10-9-15-18-12(3)16(19-15)13-5-7-14(20-4)8-6-13/h5-8,11,17H,9-10H2,1-4H3,(H,18,19). The lowest BCUT2D eigenvalue weighted by Crippen LogP contribution is -2.25. The number of imidazole rings is 1. The van der Waals surface area contributed by atoms with Crippen LogP contribution in [0, 0.1) is 6.92 Å². The maximum absolute atomic E-state index is 5.18. The third-order valence-corrected chi connectivity index (χ3v) is 3.21. The summed E-state index contributed by atoms with van der Waals surface area (Å²) < 4.78 is 5.18. The number of H-pyrrole nitrogens is 1. The van der Waals surface area contributed by atoms with Crippen LogP contribution in [0.1, 0.15) is 25.4 Å². The van der Waals surface area contributed by atoms with Gasteiger partial charge in [0.15, 0.2) is 0 Å². The fraction of sp³-hybridized carbons (Fsp3) is 0.438. The van der Waals surface area contributed by atoms with Gasteiger partial charge in [-0.05, 0) is 31.2 Å². The molecule has 4 heteroatoms. The molecule has 0 aliphatic carbocycles. The Bertz CT molecular complexity index is 543. The van der Waals surface area contributed by atoms with Crippen LogP contribution in [0.25, 0.3) is 11.3 Å². The van der Waals surface area contributed by atoms with Crippen LogP contribution < -0.4 is 10.1 Å². The minimum Gasteiger partial charge on any atom is -0.497 e. The van der Waals surface area contributed by atoms with Gasteiger partial charge < -0.3 is 15.0 Å². The largest absolute Gasteiger partial charge is 0.497 e. The van der Waals surface area contributed by atoms with Gasteiger partial charge in [-0.1, -0.05) is 13.8 Å². The van der Waals surface area contributed by atoms with Crippen molar-refractivity contribution in [1.29, 1.82) is 0 Å². The van der Waals surface area contributed by atoms with Crippen molar-refractivity contribution in [2.24, 2.45) is 0 Å². The van der Waals surface area contributed by atoms with Gasteiger partial charge in [-0.25, -0.2) is 4.98 Å². The van der Waals surface area contributed by atoms with E-state index in [1.165, 1.54) is 0 Å². The van der Waals surface area contributed by atoms with Gasteiger partial charge in [0.25, 0.3) is 0 Å². The number of aromatic nitrogens is 2. The summed E-state index contributed by atoms with van der Waals surface area (Å²) in [6.45, 7) is 7.30. The highest BCUT2D eigenvalue weighted by molar-refractivity contribution is 5.62. The zero-order valence-electron chi connectivity index (χ0n) is 12.7. The van der Waals surface area contributed by atoms with E-state index in [1.54, 1.807) is 7.11 Å². The molecule has 2 aromatic rings. The summed E-state index contributed by atoms with van der Waals surface area (Å²) in [4.78, 5) is 8.06. The molecule has 0 radical (unpaired) electrons. The zero-order valence-corrected chi connectivity index (χ0v) is 12.7. The van der Waals surface area contributed by atoms with E-state index in [0.717, 1.165) is 41.5 Å². The van der Waals surface area contributed by atoms with Gasteiger partial charge in [0.2, 0.25) is 0 Å². The SMILES string of the molecule is COc1ccc(-c2nc(CCNC(C)C)[nH]c2C)cc1. The Balaban J connectivity index is 2.09. The molecule has 0 spiro atoms. The molecule has 0 bridgehead atoms. The van der Waals surface area contributed by atoms with Crippen molar-refractivity contribution in [3.8, 4) is 17.0 Å². The monoisotopic (exact) mass is 273 g/mol. The third kappa shape index (κ3) is 3.61.